The van der Waals surface area contributed by atoms with Crippen LogP contribution in [-0.4, -0.2) is 32.5 Å². The van der Waals surface area contributed by atoms with Crippen LogP contribution in [0.1, 0.15) is 6.92 Å². The Morgan fingerprint density at radius 3 is 2.38 bits per heavy atom. The third kappa shape index (κ3) is 3.46. The second-order valence-corrected chi connectivity index (χ2v) is 6.40. The molecule has 0 amide bonds. The lowest BCUT2D eigenvalue weighted by Gasteiger charge is -2.05. The van der Waals surface area contributed by atoms with Gasteiger partial charge in [0.2, 0.25) is 0 Å². The molecule has 2 rings (SSSR count). The molecule has 0 unspecified atom stereocenters. The van der Waals surface area contributed by atoms with E-state index in [0.29, 0.717) is 0 Å². The Bertz CT molecular complexity index is 793. The van der Waals surface area contributed by atoms with Gasteiger partial charge in [0.05, 0.1) is 11.5 Å². The summed E-state index contributed by atoms with van der Waals surface area (Å²) < 4.78 is 28.8. The standard InChI is InChI=1S/C15H14O5S/c1-2-20-15(17)14(16)10-21(18,19)13-8-7-11-5-3-4-6-12(11)9-13/h3-9H,2,10H2,1H3. The number of Topliss-reactive ketones (excluding diaryl/α,β-unsaturated/α-hetero) is 1. The summed E-state index contributed by atoms with van der Waals surface area (Å²) in [5, 5.41) is 1.65. The van der Waals surface area contributed by atoms with E-state index in [1.54, 1.807) is 25.1 Å². The van der Waals surface area contributed by atoms with Gasteiger partial charge in [0, 0.05) is 0 Å². The van der Waals surface area contributed by atoms with Crippen molar-refractivity contribution in [3.8, 4) is 0 Å². The zero-order chi connectivity index (χ0) is 15.5. The van der Waals surface area contributed by atoms with Gasteiger partial charge in [-0.2, -0.15) is 0 Å². The maximum absolute atomic E-state index is 12.2. The second kappa shape index (κ2) is 6.05. The van der Waals surface area contributed by atoms with Gasteiger partial charge in [0.1, 0.15) is 5.75 Å². The molecule has 6 heteroatoms. The summed E-state index contributed by atoms with van der Waals surface area (Å²) in [6.45, 7) is 1.57. The Hall–Kier alpha value is -2.21. The first kappa shape index (κ1) is 15.2. The van der Waals surface area contributed by atoms with E-state index in [9.17, 15) is 18.0 Å². The molecule has 0 aliphatic rings. The normalized spacial score (nSPS) is 11.3. The van der Waals surface area contributed by atoms with Gasteiger partial charge in [-0.1, -0.05) is 30.3 Å². The molecule has 0 radical (unpaired) electrons. The summed E-state index contributed by atoms with van der Waals surface area (Å²) >= 11 is 0. The molecule has 0 atom stereocenters. The maximum Gasteiger partial charge on any atom is 0.375 e. The summed E-state index contributed by atoms with van der Waals surface area (Å²) in [6.07, 6.45) is 0. The van der Waals surface area contributed by atoms with Crippen LogP contribution in [0.5, 0.6) is 0 Å². The van der Waals surface area contributed by atoms with Crippen LogP contribution in [0, 0.1) is 0 Å². The molecule has 0 heterocycles. The molecule has 0 saturated carbocycles. The van der Waals surface area contributed by atoms with Crippen LogP contribution in [0.4, 0.5) is 0 Å². The van der Waals surface area contributed by atoms with E-state index in [4.69, 9.17) is 0 Å². The molecule has 2 aromatic rings. The first-order valence-corrected chi connectivity index (χ1v) is 8.01. The maximum atomic E-state index is 12.2. The lowest BCUT2D eigenvalue weighted by molar-refractivity contribution is -0.152. The summed E-state index contributed by atoms with van der Waals surface area (Å²) in [6, 6.07) is 11.9. The fourth-order valence-electron chi connectivity index (χ4n) is 1.89. The van der Waals surface area contributed by atoms with Gasteiger partial charge >= 0.3 is 5.97 Å². The Kier molecular flexibility index (Phi) is 4.37. The van der Waals surface area contributed by atoms with Crippen molar-refractivity contribution in [2.24, 2.45) is 0 Å². The van der Waals surface area contributed by atoms with Gasteiger partial charge in [-0.3, -0.25) is 4.79 Å². The van der Waals surface area contributed by atoms with E-state index < -0.39 is 27.3 Å². The quantitative estimate of drug-likeness (QED) is 0.621. The van der Waals surface area contributed by atoms with Crippen molar-refractivity contribution < 1.29 is 22.7 Å². The zero-order valence-corrected chi connectivity index (χ0v) is 12.2. The molecular formula is C15H14O5S. The molecule has 0 saturated heterocycles. The van der Waals surface area contributed by atoms with E-state index in [1.807, 2.05) is 12.1 Å². The predicted molar refractivity (Wildman–Crippen MR) is 77.6 cm³/mol. The molecule has 0 aliphatic heterocycles. The summed E-state index contributed by atoms with van der Waals surface area (Å²) in [5.41, 5.74) is 0. The van der Waals surface area contributed by atoms with Crippen LogP contribution in [-0.2, 0) is 24.2 Å². The number of ketones is 1. The van der Waals surface area contributed by atoms with E-state index in [1.165, 1.54) is 12.1 Å². The van der Waals surface area contributed by atoms with Gasteiger partial charge in [-0.15, -0.1) is 0 Å². The molecule has 0 aromatic heterocycles. The van der Waals surface area contributed by atoms with Crippen molar-refractivity contribution in [2.75, 3.05) is 12.4 Å². The SMILES string of the molecule is CCOC(=O)C(=O)CS(=O)(=O)c1ccc2ccccc2c1. The first-order chi connectivity index (χ1) is 9.94. The predicted octanol–water partition coefficient (Wildman–Crippen LogP) is 1.75. The summed E-state index contributed by atoms with van der Waals surface area (Å²) in [4.78, 5) is 22.8. The van der Waals surface area contributed by atoms with E-state index in [2.05, 4.69) is 4.74 Å². The Morgan fingerprint density at radius 1 is 1.05 bits per heavy atom. The number of fused-ring (bicyclic) bond motifs is 1. The minimum absolute atomic E-state index is 0.0128. The number of benzene rings is 2. The summed E-state index contributed by atoms with van der Waals surface area (Å²) in [5.74, 6) is -3.07. The number of hydrogen-bond donors (Lipinski definition) is 0. The molecule has 0 aliphatic carbocycles. The number of carbonyl (C=O) groups excluding carboxylic acids is 2. The molecular weight excluding hydrogens is 292 g/mol. The molecule has 110 valence electrons. The van der Waals surface area contributed by atoms with Crippen molar-refractivity contribution >= 4 is 32.4 Å². The van der Waals surface area contributed by atoms with Crippen LogP contribution in [0.25, 0.3) is 10.8 Å². The van der Waals surface area contributed by atoms with Crippen LogP contribution in [0.2, 0.25) is 0 Å². The Labute approximate surface area is 122 Å². The summed E-state index contributed by atoms with van der Waals surface area (Å²) in [7, 11) is -3.86. The molecule has 0 spiro atoms. The highest BCUT2D eigenvalue weighted by atomic mass is 32.2. The van der Waals surface area contributed by atoms with Crippen molar-refractivity contribution in [1.82, 2.24) is 0 Å². The average Bonchev–Trinajstić information content (AvgIpc) is 2.46. The Balaban J connectivity index is 2.29. The zero-order valence-electron chi connectivity index (χ0n) is 11.4. The van der Waals surface area contributed by atoms with Crippen LogP contribution < -0.4 is 0 Å². The van der Waals surface area contributed by atoms with Crippen molar-refractivity contribution in [1.29, 1.82) is 0 Å². The van der Waals surface area contributed by atoms with Gasteiger partial charge in [0.15, 0.2) is 9.84 Å². The monoisotopic (exact) mass is 306 g/mol. The van der Waals surface area contributed by atoms with Gasteiger partial charge in [0.25, 0.3) is 5.78 Å². The smallest absolute Gasteiger partial charge is 0.375 e. The number of ether oxygens (including phenoxy) is 1. The number of rotatable bonds is 5. The second-order valence-electron chi connectivity index (χ2n) is 4.41. The minimum Gasteiger partial charge on any atom is -0.460 e. The number of carbonyl (C=O) groups is 2. The van der Waals surface area contributed by atoms with Crippen molar-refractivity contribution in [2.45, 2.75) is 11.8 Å². The van der Waals surface area contributed by atoms with Crippen molar-refractivity contribution in [3.05, 3.63) is 42.5 Å². The third-order valence-corrected chi connectivity index (χ3v) is 4.52. The lowest BCUT2D eigenvalue weighted by Crippen LogP contribution is -2.25. The number of esters is 1. The largest absolute Gasteiger partial charge is 0.460 e. The number of hydrogen-bond acceptors (Lipinski definition) is 5. The first-order valence-electron chi connectivity index (χ1n) is 6.35. The third-order valence-electron chi connectivity index (χ3n) is 2.90. The number of sulfone groups is 1. The molecule has 0 bridgehead atoms. The van der Waals surface area contributed by atoms with Gasteiger partial charge < -0.3 is 4.74 Å². The fourth-order valence-corrected chi connectivity index (χ4v) is 3.10. The lowest BCUT2D eigenvalue weighted by atomic mass is 10.1. The highest BCUT2D eigenvalue weighted by Crippen LogP contribution is 2.20. The van der Waals surface area contributed by atoms with Crippen LogP contribution in [0.3, 0.4) is 0 Å². The molecule has 5 nitrogen and oxygen atoms in total. The minimum atomic E-state index is -3.86. The van der Waals surface area contributed by atoms with Crippen LogP contribution >= 0.6 is 0 Å². The molecule has 21 heavy (non-hydrogen) atoms. The van der Waals surface area contributed by atoms with Gasteiger partial charge in [-0.05, 0) is 29.8 Å². The molecule has 0 N–H and O–H groups in total. The van der Waals surface area contributed by atoms with E-state index in [-0.39, 0.29) is 11.5 Å². The topological polar surface area (TPSA) is 77.5 Å². The molecule has 2 aromatic carbocycles. The Morgan fingerprint density at radius 2 is 1.71 bits per heavy atom. The van der Waals surface area contributed by atoms with Crippen molar-refractivity contribution in [3.63, 3.8) is 0 Å². The van der Waals surface area contributed by atoms with Crippen LogP contribution in [0.15, 0.2) is 47.4 Å². The van der Waals surface area contributed by atoms with Gasteiger partial charge in [-0.25, -0.2) is 13.2 Å². The fraction of sp³-hybridized carbons (Fsp3) is 0.200. The molecule has 0 fully saturated rings. The van der Waals surface area contributed by atoms with E-state index >= 15 is 0 Å². The van der Waals surface area contributed by atoms with E-state index in [0.717, 1.165) is 10.8 Å². The average molecular weight is 306 g/mol. The highest BCUT2D eigenvalue weighted by Gasteiger charge is 2.25. The highest BCUT2D eigenvalue weighted by molar-refractivity contribution is 7.92.